The third-order valence-electron chi connectivity index (χ3n) is 2.77. The van der Waals surface area contributed by atoms with Crippen molar-refractivity contribution >= 4 is 11.0 Å². The van der Waals surface area contributed by atoms with Crippen LogP contribution in [0, 0.1) is 6.92 Å². The summed E-state index contributed by atoms with van der Waals surface area (Å²) in [7, 11) is 0. The van der Waals surface area contributed by atoms with E-state index in [4.69, 9.17) is 0 Å². The van der Waals surface area contributed by atoms with Gasteiger partial charge in [-0.05, 0) is 18.6 Å². The molecule has 3 aromatic rings. The van der Waals surface area contributed by atoms with E-state index in [9.17, 15) is 5.11 Å². The fraction of sp³-hybridized carbons (Fsp3) is 0.167. The average molecular weight is 228 g/mol. The van der Waals surface area contributed by atoms with Crippen LogP contribution in [0.3, 0.4) is 0 Å². The fourth-order valence-electron chi connectivity index (χ4n) is 1.89. The molecule has 5 heteroatoms. The largest absolute Gasteiger partial charge is 0.506 e. The highest BCUT2D eigenvalue weighted by atomic mass is 16.3. The minimum Gasteiger partial charge on any atom is -0.506 e. The highest BCUT2D eigenvalue weighted by Crippen LogP contribution is 2.25. The molecule has 0 aliphatic carbocycles. The number of aromatic hydroxyl groups is 1. The molecule has 0 amide bonds. The molecule has 0 atom stereocenters. The first-order valence-corrected chi connectivity index (χ1v) is 5.37. The van der Waals surface area contributed by atoms with E-state index in [0.29, 0.717) is 12.1 Å². The second-order valence-corrected chi connectivity index (χ2v) is 4.04. The lowest BCUT2D eigenvalue weighted by Gasteiger charge is -1.96. The standard InChI is InChI=1S/C12H12N4O/c1-8-2-3-9(17)12-11(8)14-10(15-12)6-16-5-4-13-7-16/h2-5,7,17H,6H2,1H3,(H,14,15). The number of aromatic nitrogens is 4. The summed E-state index contributed by atoms with van der Waals surface area (Å²) in [5.41, 5.74) is 2.56. The molecule has 2 heterocycles. The van der Waals surface area contributed by atoms with Crippen molar-refractivity contribution in [2.75, 3.05) is 0 Å². The van der Waals surface area contributed by atoms with Gasteiger partial charge in [0.25, 0.3) is 0 Å². The van der Waals surface area contributed by atoms with E-state index >= 15 is 0 Å². The zero-order valence-electron chi connectivity index (χ0n) is 9.38. The van der Waals surface area contributed by atoms with E-state index < -0.39 is 0 Å². The van der Waals surface area contributed by atoms with Gasteiger partial charge in [-0.3, -0.25) is 0 Å². The number of nitrogens with zero attached hydrogens (tertiary/aromatic N) is 3. The van der Waals surface area contributed by atoms with Gasteiger partial charge in [-0.25, -0.2) is 9.97 Å². The minimum absolute atomic E-state index is 0.231. The van der Waals surface area contributed by atoms with Crippen LogP contribution in [0.15, 0.2) is 30.9 Å². The summed E-state index contributed by atoms with van der Waals surface area (Å²) >= 11 is 0. The molecule has 2 N–H and O–H groups in total. The zero-order valence-corrected chi connectivity index (χ0v) is 9.38. The molecular weight excluding hydrogens is 216 g/mol. The van der Waals surface area contributed by atoms with Crippen LogP contribution < -0.4 is 0 Å². The SMILES string of the molecule is Cc1ccc(O)c2[nH]c(Cn3ccnc3)nc12. The van der Waals surface area contributed by atoms with Gasteiger partial charge in [0.1, 0.15) is 17.1 Å². The predicted molar refractivity (Wildman–Crippen MR) is 63.8 cm³/mol. The number of rotatable bonds is 2. The second-order valence-electron chi connectivity index (χ2n) is 4.04. The van der Waals surface area contributed by atoms with Crippen LogP contribution in [0.25, 0.3) is 11.0 Å². The smallest absolute Gasteiger partial charge is 0.141 e. The summed E-state index contributed by atoms with van der Waals surface area (Å²) in [6, 6.07) is 3.54. The van der Waals surface area contributed by atoms with Gasteiger partial charge >= 0.3 is 0 Å². The topological polar surface area (TPSA) is 66.7 Å². The van der Waals surface area contributed by atoms with E-state index in [1.807, 2.05) is 23.8 Å². The molecule has 2 aromatic heterocycles. The number of fused-ring (bicyclic) bond motifs is 1. The molecular formula is C12H12N4O. The van der Waals surface area contributed by atoms with Gasteiger partial charge in [0.15, 0.2) is 0 Å². The molecule has 5 nitrogen and oxygen atoms in total. The number of phenols is 1. The lowest BCUT2D eigenvalue weighted by Crippen LogP contribution is -1.97. The minimum atomic E-state index is 0.231. The van der Waals surface area contributed by atoms with Crippen LogP contribution in [-0.4, -0.2) is 24.6 Å². The summed E-state index contributed by atoms with van der Waals surface area (Å²) in [5.74, 6) is 1.04. The average Bonchev–Trinajstić information content (AvgIpc) is 2.94. The number of aryl methyl sites for hydroxylation is 1. The van der Waals surface area contributed by atoms with Gasteiger partial charge in [-0.1, -0.05) is 6.07 Å². The van der Waals surface area contributed by atoms with E-state index in [1.165, 1.54) is 0 Å². The maximum absolute atomic E-state index is 9.74. The van der Waals surface area contributed by atoms with Gasteiger partial charge < -0.3 is 14.7 Å². The molecule has 0 bridgehead atoms. The van der Waals surface area contributed by atoms with Crippen molar-refractivity contribution in [3.8, 4) is 5.75 Å². The molecule has 1 aromatic carbocycles. The Labute approximate surface area is 97.8 Å². The Morgan fingerprint density at radius 3 is 3.00 bits per heavy atom. The van der Waals surface area contributed by atoms with Crippen molar-refractivity contribution in [3.63, 3.8) is 0 Å². The Morgan fingerprint density at radius 2 is 2.29 bits per heavy atom. The summed E-state index contributed by atoms with van der Waals surface area (Å²) in [6.45, 7) is 2.59. The maximum atomic E-state index is 9.74. The summed E-state index contributed by atoms with van der Waals surface area (Å²) in [4.78, 5) is 11.6. The molecule has 0 aliphatic rings. The third-order valence-corrected chi connectivity index (χ3v) is 2.77. The summed E-state index contributed by atoms with van der Waals surface area (Å²) < 4.78 is 1.92. The number of imidazole rings is 2. The molecule has 0 aliphatic heterocycles. The van der Waals surface area contributed by atoms with Crippen molar-refractivity contribution in [3.05, 3.63) is 42.2 Å². The van der Waals surface area contributed by atoms with Crippen molar-refractivity contribution in [1.29, 1.82) is 0 Å². The lowest BCUT2D eigenvalue weighted by molar-refractivity contribution is 0.480. The van der Waals surface area contributed by atoms with Gasteiger partial charge in [-0.2, -0.15) is 0 Å². The molecule has 0 saturated heterocycles. The number of nitrogens with one attached hydrogen (secondary N) is 1. The molecule has 86 valence electrons. The Balaban J connectivity index is 2.07. The first-order chi connectivity index (χ1) is 8.24. The number of hydrogen-bond acceptors (Lipinski definition) is 3. The van der Waals surface area contributed by atoms with Crippen LogP contribution in [-0.2, 0) is 6.54 Å². The Morgan fingerprint density at radius 1 is 1.41 bits per heavy atom. The number of phenolic OH excluding ortho intramolecular Hbond substituents is 1. The number of hydrogen-bond donors (Lipinski definition) is 2. The highest BCUT2D eigenvalue weighted by molar-refractivity contribution is 5.84. The second kappa shape index (κ2) is 3.62. The monoisotopic (exact) mass is 228 g/mol. The van der Waals surface area contributed by atoms with E-state index in [-0.39, 0.29) is 5.75 Å². The molecule has 0 fully saturated rings. The molecule has 0 unspecified atom stereocenters. The number of H-pyrrole nitrogens is 1. The van der Waals surface area contributed by atoms with Crippen LogP contribution >= 0.6 is 0 Å². The van der Waals surface area contributed by atoms with Crippen molar-refractivity contribution in [2.45, 2.75) is 13.5 Å². The van der Waals surface area contributed by atoms with Crippen molar-refractivity contribution < 1.29 is 5.11 Å². The normalized spacial score (nSPS) is 11.1. The van der Waals surface area contributed by atoms with Gasteiger partial charge in [-0.15, -0.1) is 0 Å². The molecule has 0 spiro atoms. The Bertz CT molecular complexity index is 616. The Kier molecular flexibility index (Phi) is 2.11. The van der Waals surface area contributed by atoms with Gasteiger partial charge in [0, 0.05) is 12.4 Å². The summed E-state index contributed by atoms with van der Waals surface area (Å²) in [5, 5.41) is 9.74. The van der Waals surface area contributed by atoms with Crippen molar-refractivity contribution in [2.24, 2.45) is 0 Å². The first-order valence-electron chi connectivity index (χ1n) is 5.37. The maximum Gasteiger partial charge on any atom is 0.141 e. The molecule has 3 rings (SSSR count). The van der Waals surface area contributed by atoms with Crippen molar-refractivity contribution in [1.82, 2.24) is 19.5 Å². The van der Waals surface area contributed by atoms with Gasteiger partial charge in [0.05, 0.1) is 18.4 Å². The number of aromatic amines is 1. The highest BCUT2D eigenvalue weighted by Gasteiger charge is 2.09. The predicted octanol–water partition coefficient (Wildman–Crippen LogP) is 1.82. The van der Waals surface area contributed by atoms with Gasteiger partial charge in [0.2, 0.25) is 0 Å². The van der Waals surface area contributed by atoms with E-state index in [2.05, 4.69) is 15.0 Å². The number of benzene rings is 1. The van der Waals surface area contributed by atoms with Crippen LogP contribution in [0.4, 0.5) is 0 Å². The zero-order chi connectivity index (χ0) is 11.8. The van der Waals surface area contributed by atoms with Crippen LogP contribution in [0.5, 0.6) is 5.75 Å². The van der Waals surface area contributed by atoms with E-state index in [1.54, 1.807) is 18.6 Å². The van der Waals surface area contributed by atoms with Crippen LogP contribution in [0.2, 0.25) is 0 Å². The fourth-order valence-corrected chi connectivity index (χ4v) is 1.89. The quantitative estimate of drug-likeness (QED) is 0.703. The lowest BCUT2D eigenvalue weighted by atomic mass is 10.2. The molecule has 0 radical (unpaired) electrons. The van der Waals surface area contributed by atoms with Crippen LogP contribution in [0.1, 0.15) is 11.4 Å². The Hall–Kier alpha value is -2.30. The molecule has 0 saturated carbocycles. The molecule has 17 heavy (non-hydrogen) atoms. The summed E-state index contributed by atoms with van der Waals surface area (Å²) in [6.07, 6.45) is 5.34. The van der Waals surface area contributed by atoms with E-state index in [0.717, 1.165) is 16.9 Å². The third kappa shape index (κ3) is 1.65. The first kappa shape index (κ1) is 9.89.